The minimum absolute atomic E-state index is 0.150. The van der Waals surface area contributed by atoms with Crippen LogP contribution in [0.5, 0.6) is 0 Å². The van der Waals surface area contributed by atoms with Crippen molar-refractivity contribution in [3.05, 3.63) is 85.1 Å². The summed E-state index contributed by atoms with van der Waals surface area (Å²) in [7, 11) is 0. The van der Waals surface area contributed by atoms with Gasteiger partial charge in [0.15, 0.2) is 12.1 Å². The smallest absolute Gasteiger partial charge is 0.339 e. The number of amides is 2. The average Bonchev–Trinajstić information content (AvgIpc) is 3.40. The zero-order chi connectivity index (χ0) is 57.9. The lowest BCUT2D eigenvalue weighted by atomic mass is 9.87. The second-order valence-corrected chi connectivity index (χ2v) is 20.6. The maximum absolute atomic E-state index is 13.4. The highest BCUT2D eigenvalue weighted by Gasteiger charge is 2.50. The predicted molar refractivity (Wildman–Crippen MR) is 276 cm³/mol. The number of ether oxygens (including phenoxy) is 5. The third-order valence-electron chi connectivity index (χ3n) is 14.2. The number of nitrogens with two attached hydrogens (primary N) is 1. The number of aliphatic hydroxyl groups excluding tert-OH is 13. The van der Waals surface area contributed by atoms with Crippen LogP contribution in [-0.2, 0) is 33.3 Å². The molecule has 0 saturated carbocycles. The molecule has 0 aromatic heterocycles. The fourth-order valence-corrected chi connectivity index (χ4v) is 9.29. The number of allylic oxidation sites excluding steroid dienone is 12. The molecule has 2 bridgehead atoms. The van der Waals surface area contributed by atoms with Gasteiger partial charge in [-0.1, -0.05) is 98.9 Å². The molecule has 0 aromatic rings. The molecule has 25 nitrogen and oxygen atoms in total. The average molecular weight is 1120 g/mol. The maximum Gasteiger partial charge on any atom is 0.339 e. The summed E-state index contributed by atoms with van der Waals surface area (Å²) in [6.07, 6.45) is -6.57. The summed E-state index contributed by atoms with van der Waals surface area (Å²) in [6, 6.07) is -3.87. The highest BCUT2D eigenvalue weighted by Crippen LogP contribution is 2.35. The van der Waals surface area contributed by atoms with Crippen molar-refractivity contribution in [2.24, 2.45) is 17.6 Å². The van der Waals surface area contributed by atoms with Gasteiger partial charge in [0, 0.05) is 37.5 Å². The van der Waals surface area contributed by atoms with Gasteiger partial charge in [0.25, 0.3) is 0 Å². The van der Waals surface area contributed by atoms with Crippen molar-refractivity contribution in [1.82, 2.24) is 10.8 Å². The Hall–Kier alpha value is -3.88. The molecule has 4 heterocycles. The molecule has 18 N–H and O–H groups in total. The second-order valence-electron chi connectivity index (χ2n) is 20.6. The molecule has 4 aliphatic heterocycles. The normalized spacial score (nSPS) is 45.8. The summed E-state index contributed by atoms with van der Waals surface area (Å²) in [5, 5.41) is 153. The number of carbonyl (C=O) groups excluding carboxylic acids is 2. The van der Waals surface area contributed by atoms with E-state index in [4.69, 9.17) is 34.3 Å². The van der Waals surface area contributed by atoms with E-state index < -0.39 is 184 Å². The van der Waals surface area contributed by atoms with Gasteiger partial charge in [-0.25, -0.2) is 15.1 Å². The molecule has 2 unspecified atom stereocenters. The predicted octanol–water partition coefficient (Wildman–Crippen LogP) is -2.59. The highest BCUT2D eigenvalue weighted by atomic mass is 16.8. The van der Waals surface area contributed by atoms with E-state index >= 15 is 0 Å². The number of fused-ring (bicyclic) bond motifs is 2. The van der Waals surface area contributed by atoms with Crippen LogP contribution in [0.3, 0.4) is 0 Å². The van der Waals surface area contributed by atoms with E-state index in [1.54, 1.807) is 92.8 Å². The van der Waals surface area contributed by atoms with Crippen LogP contribution in [0.15, 0.2) is 85.1 Å². The fraction of sp³-hybridized carbons (Fsp3) is 0.698. The number of cyclic esters (lactones) is 1. The van der Waals surface area contributed by atoms with Gasteiger partial charge in [0.2, 0.25) is 6.29 Å². The number of esters is 1. The molecular formula is C53H85N3O22. The molecule has 2 amide bonds. The summed E-state index contributed by atoms with van der Waals surface area (Å²) >= 11 is 0. The largest absolute Gasteiger partial charge is 0.462 e. The molecule has 25 heteroatoms. The van der Waals surface area contributed by atoms with Crippen molar-refractivity contribution >= 4 is 12.0 Å². The van der Waals surface area contributed by atoms with Gasteiger partial charge in [0.05, 0.1) is 92.3 Å². The van der Waals surface area contributed by atoms with Gasteiger partial charge in [-0.3, -0.25) is 4.79 Å². The number of carbonyl (C=O) groups is 2. The van der Waals surface area contributed by atoms with Crippen molar-refractivity contribution < 1.29 is 110 Å². The molecule has 4 aliphatic rings. The minimum Gasteiger partial charge on any atom is -0.462 e. The van der Waals surface area contributed by atoms with Crippen LogP contribution in [0, 0.1) is 11.8 Å². The number of urea groups is 1. The summed E-state index contributed by atoms with van der Waals surface area (Å²) < 4.78 is 28.9. The van der Waals surface area contributed by atoms with Gasteiger partial charge < -0.3 is 106 Å². The Balaban J connectivity index is 1.62. The van der Waals surface area contributed by atoms with E-state index in [1.165, 1.54) is 13.0 Å². The molecule has 78 heavy (non-hydrogen) atoms. The van der Waals surface area contributed by atoms with Gasteiger partial charge in [-0.2, -0.15) is 0 Å². The van der Waals surface area contributed by atoms with Crippen molar-refractivity contribution in [2.75, 3.05) is 6.61 Å². The van der Waals surface area contributed by atoms with Crippen LogP contribution in [0.25, 0.3) is 0 Å². The molecule has 24 atom stereocenters. The third kappa shape index (κ3) is 20.9. The van der Waals surface area contributed by atoms with Crippen LogP contribution >= 0.6 is 0 Å². The van der Waals surface area contributed by atoms with Crippen molar-refractivity contribution in [2.45, 2.75) is 213 Å². The van der Waals surface area contributed by atoms with E-state index in [0.717, 1.165) is 0 Å². The number of rotatable bonds is 6. The zero-order valence-electron chi connectivity index (χ0n) is 44.3. The van der Waals surface area contributed by atoms with E-state index in [-0.39, 0.29) is 31.6 Å². The summed E-state index contributed by atoms with van der Waals surface area (Å²) in [5.74, 6) is -3.96. The first-order valence-electron chi connectivity index (χ1n) is 26.3. The van der Waals surface area contributed by atoms with Crippen LogP contribution in [0.2, 0.25) is 0 Å². The van der Waals surface area contributed by atoms with Gasteiger partial charge in [-0.15, -0.1) is 0 Å². The Morgan fingerprint density at radius 1 is 0.641 bits per heavy atom. The lowest BCUT2D eigenvalue weighted by molar-refractivity contribution is -0.312. The van der Waals surface area contributed by atoms with Crippen LogP contribution in [0.4, 0.5) is 4.79 Å². The van der Waals surface area contributed by atoms with Gasteiger partial charge in [0.1, 0.15) is 36.6 Å². The Morgan fingerprint density at radius 3 is 1.86 bits per heavy atom. The fourth-order valence-electron chi connectivity index (χ4n) is 9.29. The van der Waals surface area contributed by atoms with Crippen LogP contribution in [0.1, 0.15) is 79.1 Å². The number of nitrogens with one attached hydrogen (secondary N) is 2. The molecule has 3 fully saturated rings. The number of aliphatic hydroxyl groups is 14. The lowest BCUT2D eigenvalue weighted by Gasteiger charge is -2.46. The molecule has 444 valence electrons. The zero-order valence-corrected chi connectivity index (χ0v) is 44.3. The van der Waals surface area contributed by atoms with Crippen LogP contribution < -0.4 is 16.5 Å². The summed E-state index contributed by atoms with van der Waals surface area (Å²) in [6.45, 7) is 5.89. The van der Waals surface area contributed by atoms with E-state index in [9.17, 15) is 81.1 Å². The Morgan fingerprint density at radius 2 is 1.24 bits per heavy atom. The SMILES string of the molecule is C[C@@H]1[C@H](O)[C@@H](C)/C=C/C=C/C=C/C=C/C=C/C=C/C=C/[C@H](O[C@@H]2O[C@H](C)[C@@H](O)[C@H](N)[C@@H]2O)C[C@@H]2O[C@](O)(C[C@@H](O)C[C@@H](O)[C@H](O)CC[C@@H](O)C[C@@H](O)CC(=O)O[C@H]1C)C[C@H](O)[C@H]2NC(=O)NO[C@@H]1OC(CO)[C@@H](O)[C@H](O)C1O. The van der Waals surface area contributed by atoms with E-state index in [2.05, 4.69) is 5.32 Å². The van der Waals surface area contributed by atoms with Crippen molar-refractivity contribution in [3.8, 4) is 0 Å². The van der Waals surface area contributed by atoms with E-state index in [1.807, 2.05) is 12.4 Å². The maximum atomic E-state index is 13.4. The molecule has 0 radical (unpaired) electrons. The lowest BCUT2D eigenvalue weighted by Crippen LogP contribution is -2.64. The van der Waals surface area contributed by atoms with Crippen LogP contribution in [-0.4, -0.2) is 224 Å². The summed E-state index contributed by atoms with van der Waals surface area (Å²) in [5.41, 5.74) is 8.05. The highest BCUT2D eigenvalue weighted by molar-refractivity contribution is 5.73. The molecule has 0 aromatic carbocycles. The third-order valence-corrected chi connectivity index (χ3v) is 14.2. The Labute approximate surface area is 453 Å². The first-order chi connectivity index (χ1) is 36.8. The van der Waals surface area contributed by atoms with Crippen molar-refractivity contribution in [3.63, 3.8) is 0 Å². The monoisotopic (exact) mass is 1120 g/mol. The molecule has 4 rings (SSSR count). The molecule has 0 spiro atoms. The van der Waals surface area contributed by atoms with Crippen molar-refractivity contribution in [1.29, 1.82) is 0 Å². The topological polar surface area (TPSA) is 423 Å². The summed E-state index contributed by atoms with van der Waals surface area (Å²) in [4.78, 5) is 31.3. The molecule has 3 saturated heterocycles. The Bertz CT molecular complexity index is 2020. The quantitative estimate of drug-likeness (QED) is 0.0959. The number of hydroxylamine groups is 1. The number of hydrogen-bond acceptors (Lipinski definition) is 23. The molecular weight excluding hydrogens is 1030 g/mol. The number of hydrogen-bond donors (Lipinski definition) is 17. The Kier molecular flexibility index (Phi) is 27.8. The first-order valence-corrected chi connectivity index (χ1v) is 26.3. The first kappa shape index (κ1) is 66.6. The van der Waals surface area contributed by atoms with Gasteiger partial charge >= 0.3 is 12.0 Å². The standard InChI is InChI=1S/C53H85N3O22/c1-28-17-15-13-11-9-7-5-6-8-10-12-14-16-18-35(75-50-47(68)42(54)45(66)31(4)74-50)24-39-43(55-52(71)56-78-51-49(70)48(69)46(67)40(27-57)76-51)38(63)26-53(72,77-39)25-34(60)22-37(62)36(61)20-19-32(58)21-33(59)23-41(64)73-30(3)29(2)44(28)65/h5-18,28-40,42-51,57-63,65-70,72H,19-27,54H2,1-4H3,(H2,55,56,71)/b6-5+,9-7+,10-8+,13-11+,14-12+,17-15+,18-16+/t28-,29-,30-,31+,32+,33+,34-,35-,36+,37+,38-,39-,40?,42-,43+,44+,45+,46+,47-,48-,49?,50-,51-,53+/m0/s1. The molecule has 0 aliphatic carbocycles. The minimum atomic E-state index is -2.41. The second kappa shape index (κ2) is 32.5. The van der Waals surface area contributed by atoms with E-state index in [0.29, 0.717) is 0 Å². The van der Waals surface area contributed by atoms with Gasteiger partial charge in [-0.05, 0) is 33.1 Å².